The Balaban J connectivity index is 0.00000272. The molecule has 2 aromatic rings. The minimum atomic E-state index is -1.15. The van der Waals surface area contributed by atoms with Gasteiger partial charge in [0.1, 0.15) is 11.4 Å². The normalized spacial score (nSPS) is 23.7. The highest BCUT2D eigenvalue weighted by atomic mass is 127. The molecular formula is C23H33IN4O3. The minimum absolute atomic E-state index is 0. The number of likely N-dealkylation sites (tertiary alicyclic amines) is 1. The van der Waals surface area contributed by atoms with Gasteiger partial charge >= 0.3 is 0 Å². The number of aliphatic imine (C=N–C) groups is 1. The zero-order chi connectivity index (χ0) is 21.0. The van der Waals surface area contributed by atoms with Gasteiger partial charge < -0.3 is 24.5 Å². The summed E-state index contributed by atoms with van der Waals surface area (Å²) in [7, 11) is 0. The molecule has 31 heavy (non-hydrogen) atoms. The van der Waals surface area contributed by atoms with Gasteiger partial charge in [0.25, 0.3) is 0 Å². The summed E-state index contributed by atoms with van der Waals surface area (Å²) in [5.41, 5.74) is 0.179. The van der Waals surface area contributed by atoms with Crippen molar-refractivity contribution in [3.63, 3.8) is 0 Å². The lowest BCUT2D eigenvalue weighted by molar-refractivity contribution is -0.0502. The number of ether oxygens (including phenoxy) is 1. The van der Waals surface area contributed by atoms with Crippen molar-refractivity contribution in [3.8, 4) is 0 Å². The summed E-state index contributed by atoms with van der Waals surface area (Å²) in [5, 5.41) is 14.1. The number of hydrogen-bond donors (Lipinski definition) is 2. The average molecular weight is 540 g/mol. The van der Waals surface area contributed by atoms with Gasteiger partial charge in [-0.1, -0.05) is 30.3 Å². The first-order valence-corrected chi connectivity index (χ1v) is 10.8. The van der Waals surface area contributed by atoms with E-state index >= 15 is 0 Å². The van der Waals surface area contributed by atoms with Crippen LogP contribution in [-0.4, -0.2) is 72.3 Å². The molecule has 2 fully saturated rings. The summed E-state index contributed by atoms with van der Waals surface area (Å²) >= 11 is 0. The Labute approximate surface area is 201 Å². The van der Waals surface area contributed by atoms with Crippen LogP contribution in [0.3, 0.4) is 0 Å². The molecule has 7 nitrogen and oxygen atoms in total. The van der Waals surface area contributed by atoms with Crippen molar-refractivity contribution < 1.29 is 14.3 Å². The van der Waals surface area contributed by atoms with Crippen molar-refractivity contribution in [3.05, 3.63) is 60.1 Å². The van der Waals surface area contributed by atoms with Crippen LogP contribution in [0.1, 0.15) is 25.2 Å². The third-order valence-electron chi connectivity index (χ3n) is 5.87. The van der Waals surface area contributed by atoms with Crippen LogP contribution in [0.15, 0.2) is 58.1 Å². The van der Waals surface area contributed by atoms with Gasteiger partial charge in [-0.15, -0.1) is 24.0 Å². The predicted octanol–water partition coefficient (Wildman–Crippen LogP) is 2.66. The minimum Gasteiger partial charge on any atom is -0.466 e. The van der Waals surface area contributed by atoms with Gasteiger partial charge in [0, 0.05) is 32.7 Å². The maximum atomic E-state index is 10.8. The van der Waals surface area contributed by atoms with Crippen LogP contribution in [0.5, 0.6) is 0 Å². The highest BCUT2D eigenvalue weighted by molar-refractivity contribution is 14.0. The van der Waals surface area contributed by atoms with Crippen molar-refractivity contribution in [2.45, 2.75) is 38.1 Å². The van der Waals surface area contributed by atoms with Gasteiger partial charge in [-0.3, -0.25) is 4.90 Å². The molecule has 3 heterocycles. The molecule has 2 aliphatic heterocycles. The zero-order valence-electron chi connectivity index (χ0n) is 18.2. The lowest BCUT2D eigenvalue weighted by Gasteiger charge is -2.36. The first kappa shape index (κ1) is 24.0. The molecule has 0 spiro atoms. The zero-order valence-corrected chi connectivity index (χ0v) is 20.6. The number of halogens is 1. The standard InChI is InChI=1S/C23H32N4O3.HI/c1-3-24-22(25-17-23(2,28)21-10-7-12-30-21)27-15-19-20(16-27)29-13-11-26(19)14-18-8-5-4-6-9-18;/h4-10,12,19-20,28H,3,11,13-17H2,1-2H3,(H,24,25);1H. The van der Waals surface area contributed by atoms with Crippen LogP contribution in [0.4, 0.5) is 0 Å². The summed E-state index contributed by atoms with van der Waals surface area (Å²) in [5.74, 6) is 1.33. The maximum absolute atomic E-state index is 10.8. The Bertz CT molecular complexity index is 829. The molecule has 4 rings (SSSR count). The van der Waals surface area contributed by atoms with Crippen molar-refractivity contribution in [2.24, 2.45) is 4.99 Å². The highest BCUT2D eigenvalue weighted by Crippen LogP contribution is 2.26. The molecule has 0 aliphatic carbocycles. The van der Waals surface area contributed by atoms with Crippen molar-refractivity contribution in [1.29, 1.82) is 0 Å². The van der Waals surface area contributed by atoms with E-state index in [0.29, 0.717) is 11.8 Å². The maximum Gasteiger partial charge on any atom is 0.194 e. The predicted molar refractivity (Wildman–Crippen MR) is 132 cm³/mol. The molecule has 3 unspecified atom stereocenters. The second-order valence-corrected chi connectivity index (χ2v) is 8.26. The molecule has 3 atom stereocenters. The van der Waals surface area contributed by atoms with Crippen molar-refractivity contribution >= 4 is 29.9 Å². The Morgan fingerprint density at radius 1 is 1.23 bits per heavy atom. The van der Waals surface area contributed by atoms with Gasteiger partial charge in [-0.25, -0.2) is 4.99 Å². The van der Waals surface area contributed by atoms with E-state index in [9.17, 15) is 5.11 Å². The van der Waals surface area contributed by atoms with E-state index < -0.39 is 5.60 Å². The van der Waals surface area contributed by atoms with Crippen LogP contribution < -0.4 is 5.32 Å². The molecule has 0 bridgehead atoms. The van der Waals surface area contributed by atoms with E-state index in [-0.39, 0.29) is 36.6 Å². The highest BCUT2D eigenvalue weighted by Gasteiger charge is 2.41. The second-order valence-electron chi connectivity index (χ2n) is 8.26. The smallest absolute Gasteiger partial charge is 0.194 e. The number of benzene rings is 1. The number of guanidine groups is 1. The fourth-order valence-electron chi connectivity index (χ4n) is 4.26. The van der Waals surface area contributed by atoms with Crippen LogP contribution in [-0.2, 0) is 16.9 Å². The number of hydrogen-bond acceptors (Lipinski definition) is 5. The van der Waals surface area contributed by atoms with Gasteiger partial charge in [-0.05, 0) is 31.5 Å². The van der Waals surface area contributed by atoms with Crippen LogP contribution in [0, 0.1) is 0 Å². The third kappa shape index (κ3) is 5.79. The summed E-state index contributed by atoms with van der Waals surface area (Å²) in [6.07, 6.45) is 1.74. The largest absolute Gasteiger partial charge is 0.466 e. The first-order valence-electron chi connectivity index (χ1n) is 10.8. The summed E-state index contributed by atoms with van der Waals surface area (Å²) in [6, 6.07) is 14.5. The van der Waals surface area contributed by atoms with Gasteiger partial charge in [-0.2, -0.15) is 0 Å². The van der Waals surface area contributed by atoms with Gasteiger partial charge in [0.15, 0.2) is 5.96 Å². The summed E-state index contributed by atoms with van der Waals surface area (Å²) in [6.45, 7) is 9.05. The fourth-order valence-corrected chi connectivity index (χ4v) is 4.26. The number of aliphatic hydroxyl groups is 1. The van der Waals surface area contributed by atoms with Gasteiger partial charge in [0.2, 0.25) is 0 Å². The number of nitrogens with one attached hydrogen (secondary N) is 1. The Morgan fingerprint density at radius 3 is 2.74 bits per heavy atom. The molecule has 0 amide bonds. The van der Waals surface area contributed by atoms with E-state index in [2.05, 4.69) is 52.4 Å². The van der Waals surface area contributed by atoms with E-state index in [0.717, 1.165) is 45.3 Å². The molecule has 2 aliphatic rings. The second kappa shape index (κ2) is 10.8. The van der Waals surface area contributed by atoms with Crippen LogP contribution >= 0.6 is 24.0 Å². The molecule has 0 saturated carbocycles. The van der Waals surface area contributed by atoms with Crippen molar-refractivity contribution in [1.82, 2.24) is 15.1 Å². The van der Waals surface area contributed by atoms with E-state index in [4.69, 9.17) is 14.1 Å². The van der Waals surface area contributed by atoms with Gasteiger partial charge in [0.05, 0.1) is 31.6 Å². The fraction of sp³-hybridized carbons (Fsp3) is 0.522. The number of furan rings is 1. The molecule has 1 aromatic heterocycles. The van der Waals surface area contributed by atoms with E-state index in [1.165, 1.54) is 5.56 Å². The topological polar surface area (TPSA) is 73.5 Å². The number of morpholine rings is 1. The first-order chi connectivity index (χ1) is 14.6. The monoisotopic (exact) mass is 540 g/mol. The Morgan fingerprint density at radius 2 is 2.03 bits per heavy atom. The summed E-state index contributed by atoms with van der Waals surface area (Å²) in [4.78, 5) is 9.51. The Hall–Kier alpha value is -1.62. The Kier molecular flexibility index (Phi) is 8.37. The lowest BCUT2D eigenvalue weighted by Crippen LogP contribution is -2.50. The molecule has 170 valence electrons. The molecule has 1 aromatic carbocycles. The third-order valence-corrected chi connectivity index (χ3v) is 5.87. The van der Waals surface area contributed by atoms with Crippen molar-refractivity contribution in [2.75, 3.05) is 39.3 Å². The SMILES string of the molecule is CCNC(=NCC(C)(O)c1ccco1)N1CC2OCCN(Cc3ccccc3)C2C1.I. The van der Waals surface area contributed by atoms with E-state index in [1.807, 2.05) is 0 Å². The average Bonchev–Trinajstić information content (AvgIpc) is 3.43. The quantitative estimate of drug-likeness (QED) is 0.334. The van der Waals surface area contributed by atoms with Crippen LogP contribution in [0.2, 0.25) is 0 Å². The number of nitrogens with zero attached hydrogens (tertiary/aromatic N) is 3. The molecular weight excluding hydrogens is 507 g/mol. The number of rotatable bonds is 6. The lowest BCUT2D eigenvalue weighted by atomic mass is 10.0. The van der Waals surface area contributed by atoms with E-state index in [1.54, 1.807) is 25.3 Å². The van der Waals surface area contributed by atoms with Crippen LogP contribution in [0.25, 0.3) is 0 Å². The molecule has 8 heteroatoms. The summed E-state index contributed by atoms with van der Waals surface area (Å²) < 4.78 is 11.5. The molecule has 2 saturated heterocycles. The molecule has 0 radical (unpaired) electrons. The molecule has 2 N–H and O–H groups in total. The number of fused-ring (bicyclic) bond motifs is 1.